The highest BCUT2D eigenvalue weighted by Gasteiger charge is 2.47. The number of halogens is 1. The zero-order valence-corrected chi connectivity index (χ0v) is 9.24. The molecule has 0 aromatic heterocycles. The first kappa shape index (κ1) is 14.1. The van der Waals surface area contributed by atoms with E-state index in [1.165, 1.54) is 0 Å². The molecule has 0 aromatic rings. The first-order chi connectivity index (χ1) is 7.88. The fourth-order valence-corrected chi connectivity index (χ4v) is 1.48. The Balaban J connectivity index is 2.78. The standard InChI is InChI=1S/C8H12ClNO7/c9-1-2(11)10-7-5(14)3(12)4(13)6(17-7)8(15)16/h3-7,12-14H,1H2,(H,10,11)(H,15,16)/t3-,4-,5+,6-,7+/m0/s1. The van der Waals surface area contributed by atoms with Gasteiger partial charge in [-0.05, 0) is 0 Å². The maximum absolute atomic E-state index is 11.0. The van der Waals surface area contributed by atoms with Crippen molar-refractivity contribution in [2.45, 2.75) is 30.6 Å². The lowest BCUT2D eigenvalue weighted by Gasteiger charge is -2.38. The molecule has 1 rings (SSSR count). The van der Waals surface area contributed by atoms with Crippen LogP contribution in [0.15, 0.2) is 0 Å². The highest BCUT2D eigenvalue weighted by Crippen LogP contribution is 2.20. The van der Waals surface area contributed by atoms with E-state index in [-0.39, 0.29) is 0 Å². The average molecular weight is 270 g/mol. The molecule has 0 aliphatic carbocycles. The van der Waals surface area contributed by atoms with Gasteiger partial charge in [0.25, 0.3) is 0 Å². The lowest BCUT2D eigenvalue weighted by Crippen LogP contribution is -2.64. The number of amides is 1. The van der Waals surface area contributed by atoms with Crippen molar-refractivity contribution >= 4 is 23.5 Å². The van der Waals surface area contributed by atoms with E-state index in [9.17, 15) is 24.9 Å². The van der Waals surface area contributed by atoms with E-state index in [0.29, 0.717) is 0 Å². The number of nitrogens with one attached hydrogen (secondary N) is 1. The Hall–Kier alpha value is -0.930. The average Bonchev–Trinajstić information content (AvgIpc) is 2.29. The molecule has 98 valence electrons. The molecule has 1 saturated heterocycles. The molecule has 0 spiro atoms. The first-order valence-corrected chi connectivity index (χ1v) is 5.19. The van der Waals surface area contributed by atoms with Crippen molar-refractivity contribution < 1.29 is 34.8 Å². The van der Waals surface area contributed by atoms with Gasteiger partial charge in [-0.1, -0.05) is 0 Å². The number of rotatable bonds is 3. The zero-order chi connectivity index (χ0) is 13.2. The van der Waals surface area contributed by atoms with Gasteiger partial charge in [-0.2, -0.15) is 0 Å². The Morgan fingerprint density at radius 3 is 2.24 bits per heavy atom. The largest absolute Gasteiger partial charge is 0.479 e. The van der Waals surface area contributed by atoms with Crippen molar-refractivity contribution in [3.05, 3.63) is 0 Å². The summed E-state index contributed by atoms with van der Waals surface area (Å²) in [7, 11) is 0. The van der Waals surface area contributed by atoms with Gasteiger partial charge < -0.3 is 30.5 Å². The zero-order valence-electron chi connectivity index (χ0n) is 8.49. The number of hydrogen-bond acceptors (Lipinski definition) is 6. The Labute approximate surface area is 101 Å². The van der Waals surface area contributed by atoms with Gasteiger partial charge in [0.05, 0.1) is 0 Å². The summed E-state index contributed by atoms with van der Waals surface area (Å²) in [6.45, 7) is 0. The summed E-state index contributed by atoms with van der Waals surface area (Å²) in [5.74, 6) is -2.64. The van der Waals surface area contributed by atoms with Crippen molar-refractivity contribution in [1.82, 2.24) is 5.32 Å². The van der Waals surface area contributed by atoms with Crippen LogP contribution in [-0.2, 0) is 14.3 Å². The number of carboxylic acids is 1. The van der Waals surface area contributed by atoms with Crippen LogP contribution in [0.5, 0.6) is 0 Å². The predicted octanol–water partition coefficient (Wildman–Crippen LogP) is -2.77. The van der Waals surface area contributed by atoms with Crippen LogP contribution in [0.2, 0.25) is 0 Å². The lowest BCUT2D eigenvalue weighted by atomic mass is 9.98. The molecule has 8 nitrogen and oxygen atoms in total. The second-order valence-electron chi connectivity index (χ2n) is 3.49. The third-order valence-corrected chi connectivity index (χ3v) is 2.52. The first-order valence-electron chi connectivity index (χ1n) is 4.66. The third-order valence-electron chi connectivity index (χ3n) is 2.28. The third kappa shape index (κ3) is 3.05. The lowest BCUT2D eigenvalue weighted by molar-refractivity contribution is -0.233. The minimum absolute atomic E-state index is 0.414. The van der Waals surface area contributed by atoms with Gasteiger partial charge in [0, 0.05) is 0 Å². The van der Waals surface area contributed by atoms with Crippen LogP contribution in [0.3, 0.4) is 0 Å². The Kier molecular flexibility index (Phi) is 4.66. The summed E-state index contributed by atoms with van der Waals surface area (Å²) in [5.41, 5.74) is 0. The summed E-state index contributed by atoms with van der Waals surface area (Å²) < 4.78 is 4.77. The van der Waals surface area contributed by atoms with Crippen molar-refractivity contribution in [2.75, 3.05) is 5.88 Å². The number of carbonyl (C=O) groups is 2. The van der Waals surface area contributed by atoms with E-state index in [1.54, 1.807) is 0 Å². The molecule has 0 saturated carbocycles. The van der Waals surface area contributed by atoms with Gasteiger partial charge in [-0.3, -0.25) is 4.79 Å². The monoisotopic (exact) mass is 269 g/mol. The van der Waals surface area contributed by atoms with Gasteiger partial charge in [0.2, 0.25) is 5.91 Å². The fourth-order valence-electron chi connectivity index (χ4n) is 1.40. The van der Waals surface area contributed by atoms with E-state index in [4.69, 9.17) is 21.4 Å². The topological polar surface area (TPSA) is 136 Å². The van der Waals surface area contributed by atoms with Crippen LogP contribution < -0.4 is 5.32 Å². The summed E-state index contributed by atoms with van der Waals surface area (Å²) in [5, 5.41) is 39.0. The molecule has 0 bridgehead atoms. The fraction of sp³-hybridized carbons (Fsp3) is 0.750. The van der Waals surface area contributed by atoms with E-state index >= 15 is 0 Å². The summed E-state index contributed by atoms with van der Waals surface area (Å²) in [6.07, 6.45) is -8.36. The van der Waals surface area contributed by atoms with Crippen LogP contribution in [0.4, 0.5) is 0 Å². The smallest absolute Gasteiger partial charge is 0.335 e. The summed E-state index contributed by atoms with van der Waals surface area (Å²) >= 11 is 5.21. The van der Waals surface area contributed by atoms with Crippen LogP contribution in [0.1, 0.15) is 0 Å². The number of carbonyl (C=O) groups excluding carboxylic acids is 1. The van der Waals surface area contributed by atoms with Crippen LogP contribution in [0, 0.1) is 0 Å². The molecule has 5 N–H and O–H groups in total. The van der Waals surface area contributed by atoms with Crippen molar-refractivity contribution in [3.63, 3.8) is 0 Å². The Morgan fingerprint density at radius 2 is 1.76 bits per heavy atom. The van der Waals surface area contributed by atoms with Crippen LogP contribution >= 0.6 is 11.6 Å². The second-order valence-corrected chi connectivity index (χ2v) is 3.76. The number of ether oxygens (including phenoxy) is 1. The number of alkyl halides is 1. The number of aliphatic hydroxyl groups is 3. The molecule has 0 aromatic carbocycles. The summed E-state index contributed by atoms with van der Waals surface area (Å²) in [6, 6.07) is 0. The van der Waals surface area contributed by atoms with Crippen LogP contribution in [-0.4, -0.2) is 68.8 Å². The maximum atomic E-state index is 11.0. The minimum Gasteiger partial charge on any atom is -0.479 e. The Morgan fingerprint density at radius 1 is 1.18 bits per heavy atom. The molecule has 9 heteroatoms. The van der Waals surface area contributed by atoms with Crippen LogP contribution in [0.25, 0.3) is 0 Å². The Bertz CT molecular complexity index is 312. The molecule has 0 radical (unpaired) electrons. The molecule has 1 heterocycles. The van der Waals surface area contributed by atoms with Crippen molar-refractivity contribution in [2.24, 2.45) is 0 Å². The highest BCUT2D eigenvalue weighted by molar-refractivity contribution is 6.27. The molecule has 1 fully saturated rings. The minimum atomic E-state index is -1.79. The van der Waals surface area contributed by atoms with Gasteiger partial charge in [0.1, 0.15) is 24.2 Å². The van der Waals surface area contributed by atoms with Crippen molar-refractivity contribution in [1.29, 1.82) is 0 Å². The maximum Gasteiger partial charge on any atom is 0.335 e. The van der Waals surface area contributed by atoms with E-state index in [0.717, 1.165) is 0 Å². The predicted molar refractivity (Wildman–Crippen MR) is 53.2 cm³/mol. The number of hydrogen-bond donors (Lipinski definition) is 5. The molecular weight excluding hydrogens is 258 g/mol. The van der Waals surface area contributed by atoms with Gasteiger partial charge in [0.15, 0.2) is 12.3 Å². The molecule has 0 unspecified atom stereocenters. The molecule has 17 heavy (non-hydrogen) atoms. The normalized spacial score (nSPS) is 37.5. The van der Waals surface area contributed by atoms with Gasteiger partial charge in [-0.15, -0.1) is 11.6 Å². The van der Waals surface area contributed by atoms with Gasteiger partial charge >= 0.3 is 5.97 Å². The molecule has 5 atom stereocenters. The van der Waals surface area contributed by atoms with E-state index in [2.05, 4.69) is 5.32 Å². The molecule has 1 aliphatic heterocycles. The quantitative estimate of drug-likeness (QED) is 0.350. The van der Waals surface area contributed by atoms with E-state index < -0.39 is 48.4 Å². The number of aliphatic hydroxyl groups excluding tert-OH is 3. The van der Waals surface area contributed by atoms with E-state index in [1.807, 2.05) is 0 Å². The molecular formula is C8H12ClNO7. The molecule has 1 amide bonds. The highest BCUT2D eigenvalue weighted by atomic mass is 35.5. The summed E-state index contributed by atoms with van der Waals surface area (Å²) in [4.78, 5) is 21.7. The van der Waals surface area contributed by atoms with Gasteiger partial charge in [-0.25, -0.2) is 4.79 Å². The second kappa shape index (κ2) is 5.61. The molecule has 1 aliphatic rings. The number of carboxylic acid groups (broad SMARTS) is 1. The van der Waals surface area contributed by atoms with Crippen molar-refractivity contribution in [3.8, 4) is 0 Å². The SMILES string of the molecule is O=C(CCl)N[C@@H]1O[C@H](C(=O)O)[C@@H](O)[C@H](O)[C@H]1O. The number of aliphatic carboxylic acids is 1.